The molecule has 0 radical (unpaired) electrons. The summed E-state index contributed by atoms with van der Waals surface area (Å²) < 4.78 is 10.5. The molecular weight excluding hydrogens is 242 g/mol. The van der Waals surface area contributed by atoms with Crippen molar-refractivity contribution >= 4 is 11.7 Å². The van der Waals surface area contributed by atoms with Crippen LogP contribution in [0.15, 0.2) is 18.2 Å². The van der Waals surface area contributed by atoms with E-state index >= 15 is 0 Å². The van der Waals surface area contributed by atoms with Crippen LogP contribution in [0.4, 0.5) is 5.69 Å². The van der Waals surface area contributed by atoms with Crippen LogP contribution in [0.1, 0.15) is 31.1 Å². The molecule has 0 aliphatic rings. The molecule has 0 aliphatic heterocycles. The van der Waals surface area contributed by atoms with Crippen molar-refractivity contribution in [3.63, 3.8) is 0 Å². The van der Waals surface area contributed by atoms with Gasteiger partial charge in [0, 0.05) is 0 Å². The quantitative estimate of drug-likeness (QED) is 0.668. The number of carbonyl (C=O) groups is 1. The van der Waals surface area contributed by atoms with Crippen molar-refractivity contribution in [2.45, 2.75) is 26.4 Å². The zero-order chi connectivity index (χ0) is 14.5. The minimum Gasteiger partial charge on any atom is -0.495 e. The van der Waals surface area contributed by atoms with Crippen LogP contribution in [0.5, 0.6) is 5.75 Å². The summed E-state index contributed by atoms with van der Waals surface area (Å²) in [6, 6.07) is 5.05. The van der Waals surface area contributed by atoms with Crippen molar-refractivity contribution in [1.29, 1.82) is 0 Å². The van der Waals surface area contributed by atoms with Crippen molar-refractivity contribution in [3.8, 4) is 18.1 Å². The first kappa shape index (κ1) is 14.9. The highest BCUT2D eigenvalue weighted by atomic mass is 16.6. The standard InChI is InChI=1S/C15H19NO3/c1-6-9-16-12-8-7-11(10-13(12)18-5)14(17)19-15(2,3)4/h1,7-8,10,16H,9H2,2-5H3. The van der Waals surface area contributed by atoms with Gasteiger partial charge >= 0.3 is 5.97 Å². The maximum atomic E-state index is 11.9. The van der Waals surface area contributed by atoms with Gasteiger partial charge < -0.3 is 14.8 Å². The lowest BCUT2D eigenvalue weighted by atomic mass is 10.1. The summed E-state index contributed by atoms with van der Waals surface area (Å²) >= 11 is 0. The molecule has 0 fully saturated rings. The number of hydrogen-bond donors (Lipinski definition) is 1. The molecule has 0 aromatic heterocycles. The average Bonchev–Trinajstić information content (AvgIpc) is 2.34. The van der Waals surface area contributed by atoms with Gasteiger partial charge in [0.1, 0.15) is 11.4 Å². The second kappa shape index (κ2) is 6.14. The first-order valence-corrected chi connectivity index (χ1v) is 5.96. The molecular formula is C15H19NO3. The lowest BCUT2D eigenvalue weighted by molar-refractivity contribution is 0.00692. The average molecular weight is 261 g/mol. The second-order valence-electron chi connectivity index (χ2n) is 4.97. The van der Waals surface area contributed by atoms with E-state index in [9.17, 15) is 4.79 Å². The number of ether oxygens (including phenoxy) is 2. The van der Waals surface area contributed by atoms with E-state index in [-0.39, 0.29) is 5.97 Å². The van der Waals surface area contributed by atoms with Gasteiger partial charge in [-0.15, -0.1) is 6.42 Å². The topological polar surface area (TPSA) is 47.6 Å². The Morgan fingerprint density at radius 3 is 2.63 bits per heavy atom. The molecule has 1 N–H and O–H groups in total. The number of terminal acetylenes is 1. The summed E-state index contributed by atoms with van der Waals surface area (Å²) in [7, 11) is 1.54. The van der Waals surface area contributed by atoms with Crippen molar-refractivity contribution in [1.82, 2.24) is 0 Å². The zero-order valence-corrected chi connectivity index (χ0v) is 11.7. The number of carbonyl (C=O) groups excluding carboxylic acids is 1. The van der Waals surface area contributed by atoms with Gasteiger partial charge in [-0.2, -0.15) is 0 Å². The van der Waals surface area contributed by atoms with Gasteiger partial charge in [0.05, 0.1) is 24.9 Å². The van der Waals surface area contributed by atoms with Crippen LogP contribution in [0, 0.1) is 12.3 Å². The Hall–Kier alpha value is -2.15. The Morgan fingerprint density at radius 1 is 1.42 bits per heavy atom. The van der Waals surface area contributed by atoms with Gasteiger partial charge in [-0.05, 0) is 39.0 Å². The van der Waals surface area contributed by atoms with E-state index in [1.807, 2.05) is 20.8 Å². The van der Waals surface area contributed by atoms with Gasteiger partial charge in [0.25, 0.3) is 0 Å². The van der Waals surface area contributed by atoms with Crippen LogP contribution in [0.2, 0.25) is 0 Å². The lowest BCUT2D eigenvalue weighted by Gasteiger charge is -2.20. The summed E-state index contributed by atoms with van der Waals surface area (Å²) in [6.07, 6.45) is 5.19. The SMILES string of the molecule is C#CCNc1ccc(C(=O)OC(C)(C)C)cc1OC. The molecule has 0 amide bonds. The molecule has 0 aliphatic carbocycles. The summed E-state index contributed by atoms with van der Waals surface area (Å²) in [5.41, 5.74) is 0.663. The molecule has 0 spiro atoms. The Morgan fingerprint density at radius 2 is 2.11 bits per heavy atom. The molecule has 1 aromatic rings. The van der Waals surface area contributed by atoms with E-state index in [1.54, 1.807) is 18.2 Å². The van der Waals surface area contributed by atoms with Gasteiger partial charge in [0.15, 0.2) is 0 Å². The summed E-state index contributed by atoms with van der Waals surface area (Å²) in [5, 5.41) is 3.02. The van der Waals surface area contributed by atoms with Crippen LogP contribution >= 0.6 is 0 Å². The minimum absolute atomic E-state index is 0.380. The third-order valence-electron chi connectivity index (χ3n) is 2.22. The van der Waals surface area contributed by atoms with Crippen LogP contribution in [-0.4, -0.2) is 25.2 Å². The third-order valence-corrected chi connectivity index (χ3v) is 2.22. The first-order valence-electron chi connectivity index (χ1n) is 5.96. The molecule has 0 bridgehead atoms. The maximum Gasteiger partial charge on any atom is 0.338 e. The van der Waals surface area contributed by atoms with E-state index in [0.29, 0.717) is 17.9 Å². The van der Waals surface area contributed by atoms with E-state index in [1.165, 1.54) is 7.11 Å². The van der Waals surface area contributed by atoms with Crippen molar-refractivity contribution in [2.24, 2.45) is 0 Å². The molecule has 4 nitrogen and oxygen atoms in total. The van der Waals surface area contributed by atoms with Crippen LogP contribution in [0.3, 0.4) is 0 Å². The molecule has 4 heteroatoms. The largest absolute Gasteiger partial charge is 0.495 e. The molecule has 0 saturated carbocycles. The first-order chi connectivity index (χ1) is 8.87. The molecule has 0 heterocycles. The second-order valence-corrected chi connectivity index (χ2v) is 4.97. The van der Waals surface area contributed by atoms with E-state index in [0.717, 1.165) is 5.69 Å². The highest BCUT2D eigenvalue weighted by Gasteiger charge is 2.18. The Balaban J connectivity index is 2.94. The summed E-state index contributed by atoms with van der Waals surface area (Å²) in [6.45, 7) is 5.86. The lowest BCUT2D eigenvalue weighted by Crippen LogP contribution is -2.23. The molecule has 0 saturated heterocycles. The predicted molar refractivity (Wildman–Crippen MR) is 75.5 cm³/mol. The molecule has 0 unspecified atom stereocenters. The van der Waals surface area contributed by atoms with Gasteiger partial charge in [-0.25, -0.2) is 4.79 Å². The smallest absolute Gasteiger partial charge is 0.338 e. The third kappa shape index (κ3) is 4.55. The molecule has 0 atom stereocenters. The highest BCUT2D eigenvalue weighted by molar-refractivity contribution is 5.91. The molecule has 19 heavy (non-hydrogen) atoms. The highest BCUT2D eigenvalue weighted by Crippen LogP contribution is 2.26. The Bertz CT molecular complexity index is 495. The predicted octanol–water partition coefficient (Wildman–Crippen LogP) is 2.70. The number of anilines is 1. The maximum absolute atomic E-state index is 11.9. The molecule has 1 aromatic carbocycles. The molecule has 102 valence electrons. The fraction of sp³-hybridized carbons (Fsp3) is 0.400. The van der Waals surface area contributed by atoms with Crippen molar-refractivity contribution < 1.29 is 14.3 Å². The number of esters is 1. The monoisotopic (exact) mass is 261 g/mol. The Kier molecular flexibility index (Phi) is 4.82. The van der Waals surface area contributed by atoms with E-state index in [4.69, 9.17) is 15.9 Å². The van der Waals surface area contributed by atoms with Crippen LogP contribution < -0.4 is 10.1 Å². The van der Waals surface area contributed by atoms with Gasteiger partial charge in [0.2, 0.25) is 0 Å². The fourth-order valence-corrected chi connectivity index (χ4v) is 1.45. The van der Waals surface area contributed by atoms with Crippen molar-refractivity contribution in [2.75, 3.05) is 19.0 Å². The zero-order valence-electron chi connectivity index (χ0n) is 11.7. The van der Waals surface area contributed by atoms with E-state index in [2.05, 4.69) is 11.2 Å². The summed E-state index contributed by atoms with van der Waals surface area (Å²) in [4.78, 5) is 11.9. The number of rotatable bonds is 4. The van der Waals surface area contributed by atoms with Gasteiger partial charge in [-0.1, -0.05) is 5.92 Å². The fourth-order valence-electron chi connectivity index (χ4n) is 1.45. The Labute approximate surface area is 114 Å². The van der Waals surface area contributed by atoms with Crippen LogP contribution in [-0.2, 0) is 4.74 Å². The number of methoxy groups -OCH3 is 1. The van der Waals surface area contributed by atoms with Crippen molar-refractivity contribution in [3.05, 3.63) is 23.8 Å². The van der Waals surface area contributed by atoms with E-state index < -0.39 is 5.60 Å². The summed E-state index contributed by atoms with van der Waals surface area (Å²) in [5.74, 6) is 2.65. The van der Waals surface area contributed by atoms with Crippen LogP contribution in [0.25, 0.3) is 0 Å². The number of nitrogens with one attached hydrogen (secondary N) is 1. The molecule has 1 rings (SSSR count). The minimum atomic E-state index is -0.523. The van der Waals surface area contributed by atoms with Gasteiger partial charge in [-0.3, -0.25) is 0 Å². The normalized spacial score (nSPS) is 10.5. The number of hydrogen-bond acceptors (Lipinski definition) is 4. The number of benzene rings is 1.